The fourth-order valence-electron chi connectivity index (χ4n) is 3.81. The highest BCUT2D eigenvalue weighted by atomic mass is 16.5. The number of likely N-dealkylation sites (tertiary alicyclic amines) is 1. The SMILES string of the molecule is COc1ccc(CCC(=O)N2CC(NC(=O)CC(C)C)CC2c2n[nH]c(C)n2)cc1. The van der Waals surface area contributed by atoms with Crippen LogP contribution in [0.1, 0.15) is 56.4 Å². The molecule has 2 amide bonds. The molecular weight excluding hydrogens is 382 g/mol. The highest BCUT2D eigenvalue weighted by Crippen LogP contribution is 2.31. The fourth-order valence-corrected chi connectivity index (χ4v) is 3.81. The zero-order chi connectivity index (χ0) is 21.7. The van der Waals surface area contributed by atoms with Crippen molar-refractivity contribution in [3.63, 3.8) is 0 Å². The molecule has 0 aliphatic carbocycles. The molecule has 2 unspecified atom stereocenters. The molecule has 2 atom stereocenters. The van der Waals surface area contributed by atoms with Crippen LogP contribution < -0.4 is 10.1 Å². The summed E-state index contributed by atoms with van der Waals surface area (Å²) in [5.74, 6) is 2.46. The molecule has 1 fully saturated rings. The number of aryl methyl sites for hydroxylation is 2. The minimum Gasteiger partial charge on any atom is -0.497 e. The summed E-state index contributed by atoms with van der Waals surface area (Å²) in [7, 11) is 1.63. The summed E-state index contributed by atoms with van der Waals surface area (Å²) in [4.78, 5) is 31.5. The Bertz CT molecular complexity index is 862. The molecule has 2 aromatic rings. The maximum Gasteiger partial charge on any atom is 0.223 e. The first-order valence-electron chi connectivity index (χ1n) is 10.5. The number of benzene rings is 1. The molecule has 8 heteroatoms. The van der Waals surface area contributed by atoms with E-state index in [4.69, 9.17) is 4.74 Å². The number of H-pyrrole nitrogens is 1. The number of rotatable bonds is 8. The lowest BCUT2D eigenvalue weighted by Crippen LogP contribution is -2.39. The highest BCUT2D eigenvalue weighted by molar-refractivity contribution is 5.79. The molecule has 162 valence electrons. The van der Waals surface area contributed by atoms with Crippen LogP contribution in [0.2, 0.25) is 0 Å². The minimum absolute atomic E-state index is 0.0208. The molecular formula is C22H31N5O3. The molecule has 1 aromatic heterocycles. The number of nitrogens with one attached hydrogen (secondary N) is 2. The van der Waals surface area contributed by atoms with Gasteiger partial charge >= 0.3 is 0 Å². The summed E-state index contributed by atoms with van der Waals surface area (Å²) >= 11 is 0. The van der Waals surface area contributed by atoms with Crippen LogP contribution in [0.3, 0.4) is 0 Å². The van der Waals surface area contributed by atoms with Gasteiger partial charge in [-0.3, -0.25) is 14.7 Å². The van der Waals surface area contributed by atoms with Crippen molar-refractivity contribution in [1.29, 1.82) is 0 Å². The quantitative estimate of drug-likeness (QED) is 0.693. The van der Waals surface area contributed by atoms with Gasteiger partial charge in [-0.1, -0.05) is 26.0 Å². The molecule has 0 radical (unpaired) electrons. The molecule has 2 N–H and O–H groups in total. The lowest BCUT2D eigenvalue weighted by atomic mass is 10.1. The van der Waals surface area contributed by atoms with Crippen molar-refractivity contribution in [3.05, 3.63) is 41.5 Å². The summed E-state index contributed by atoms with van der Waals surface area (Å²) in [5.41, 5.74) is 1.08. The van der Waals surface area contributed by atoms with Crippen LogP contribution in [0.4, 0.5) is 0 Å². The number of amides is 2. The Labute approximate surface area is 177 Å². The Balaban J connectivity index is 1.66. The number of methoxy groups -OCH3 is 1. The third-order valence-corrected chi connectivity index (χ3v) is 5.28. The van der Waals surface area contributed by atoms with Crippen LogP contribution in [0, 0.1) is 12.8 Å². The fraction of sp³-hybridized carbons (Fsp3) is 0.545. The molecule has 0 saturated carbocycles. The summed E-state index contributed by atoms with van der Waals surface area (Å²) in [6, 6.07) is 7.42. The molecule has 0 spiro atoms. The number of hydrogen-bond donors (Lipinski definition) is 2. The predicted molar refractivity (Wildman–Crippen MR) is 113 cm³/mol. The van der Waals surface area contributed by atoms with Crippen molar-refractivity contribution < 1.29 is 14.3 Å². The van der Waals surface area contributed by atoms with Crippen LogP contribution in [0.5, 0.6) is 5.75 Å². The van der Waals surface area contributed by atoms with Crippen molar-refractivity contribution in [2.45, 2.75) is 58.5 Å². The van der Waals surface area contributed by atoms with Gasteiger partial charge in [0.25, 0.3) is 0 Å². The Morgan fingerprint density at radius 1 is 1.30 bits per heavy atom. The van der Waals surface area contributed by atoms with E-state index in [1.807, 2.05) is 49.9 Å². The van der Waals surface area contributed by atoms with E-state index >= 15 is 0 Å². The van der Waals surface area contributed by atoms with Gasteiger partial charge in [-0.2, -0.15) is 5.10 Å². The lowest BCUT2D eigenvalue weighted by molar-refractivity contribution is -0.132. The van der Waals surface area contributed by atoms with Crippen LogP contribution in [-0.4, -0.2) is 51.6 Å². The molecule has 1 aliphatic rings. The van der Waals surface area contributed by atoms with Gasteiger partial charge in [-0.05, 0) is 43.4 Å². The Morgan fingerprint density at radius 3 is 2.63 bits per heavy atom. The van der Waals surface area contributed by atoms with Gasteiger partial charge < -0.3 is 15.0 Å². The van der Waals surface area contributed by atoms with E-state index in [0.29, 0.717) is 49.8 Å². The predicted octanol–water partition coefficient (Wildman–Crippen LogP) is 2.56. The number of carbonyl (C=O) groups is 2. The van der Waals surface area contributed by atoms with E-state index in [1.54, 1.807) is 7.11 Å². The molecule has 1 aromatic carbocycles. The molecule has 3 rings (SSSR count). The number of ether oxygens (including phenoxy) is 1. The first-order valence-corrected chi connectivity index (χ1v) is 10.5. The van der Waals surface area contributed by atoms with Gasteiger partial charge in [0.15, 0.2) is 5.82 Å². The summed E-state index contributed by atoms with van der Waals surface area (Å²) in [5, 5.41) is 10.2. The standard InChI is InChI=1S/C22H31N5O3/c1-14(2)11-20(28)24-17-12-19(22-23-15(3)25-26-22)27(13-17)21(29)10-7-16-5-8-18(30-4)9-6-16/h5-6,8-9,14,17,19H,7,10-13H2,1-4H3,(H,24,28)(H,23,25,26). The van der Waals surface area contributed by atoms with Gasteiger partial charge in [0, 0.05) is 25.4 Å². The number of nitrogens with zero attached hydrogens (tertiary/aromatic N) is 3. The maximum absolute atomic E-state index is 13.1. The van der Waals surface area contributed by atoms with Crippen molar-refractivity contribution in [2.24, 2.45) is 5.92 Å². The molecule has 1 saturated heterocycles. The first-order chi connectivity index (χ1) is 14.4. The van der Waals surface area contributed by atoms with Crippen LogP contribution in [0.15, 0.2) is 24.3 Å². The second kappa shape index (κ2) is 9.73. The third-order valence-electron chi connectivity index (χ3n) is 5.28. The second-order valence-corrected chi connectivity index (χ2v) is 8.29. The minimum atomic E-state index is -0.234. The number of hydrogen-bond acceptors (Lipinski definition) is 5. The molecule has 0 bridgehead atoms. The second-order valence-electron chi connectivity index (χ2n) is 8.29. The maximum atomic E-state index is 13.1. The van der Waals surface area contributed by atoms with E-state index in [-0.39, 0.29) is 23.9 Å². The smallest absolute Gasteiger partial charge is 0.223 e. The lowest BCUT2D eigenvalue weighted by Gasteiger charge is -2.22. The Hall–Kier alpha value is -2.90. The van der Waals surface area contributed by atoms with Crippen molar-refractivity contribution >= 4 is 11.8 Å². The number of aromatic nitrogens is 3. The zero-order valence-corrected chi connectivity index (χ0v) is 18.1. The molecule has 30 heavy (non-hydrogen) atoms. The van der Waals surface area contributed by atoms with E-state index in [1.165, 1.54) is 0 Å². The van der Waals surface area contributed by atoms with E-state index in [0.717, 1.165) is 11.3 Å². The van der Waals surface area contributed by atoms with Crippen LogP contribution in [-0.2, 0) is 16.0 Å². The van der Waals surface area contributed by atoms with Gasteiger partial charge in [-0.15, -0.1) is 0 Å². The van der Waals surface area contributed by atoms with Crippen molar-refractivity contribution in [1.82, 2.24) is 25.4 Å². The van der Waals surface area contributed by atoms with Crippen LogP contribution in [0.25, 0.3) is 0 Å². The summed E-state index contributed by atoms with van der Waals surface area (Å²) in [6.07, 6.45) is 2.13. The molecule has 8 nitrogen and oxygen atoms in total. The third kappa shape index (κ3) is 5.58. The van der Waals surface area contributed by atoms with Gasteiger partial charge in [0.05, 0.1) is 13.2 Å². The van der Waals surface area contributed by atoms with E-state index < -0.39 is 0 Å². The highest BCUT2D eigenvalue weighted by Gasteiger charge is 2.38. The van der Waals surface area contributed by atoms with Crippen LogP contribution >= 0.6 is 0 Å². The normalized spacial score (nSPS) is 18.6. The number of aromatic amines is 1. The Kier molecular flexibility index (Phi) is 7.07. The number of carbonyl (C=O) groups excluding carboxylic acids is 2. The molecule has 2 heterocycles. The largest absolute Gasteiger partial charge is 0.497 e. The van der Waals surface area contributed by atoms with Gasteiger partial charge in [0.2, 0.25) is 11.8 Å². The van der Waals surface area contributed by atoms with E-state index in [2.05, 4.69) is 20.5 Å². The monoisotopic (exact) mass is 413 g/mol. The summed E-state index contributed by atoms with van der Waals surface area (Å²) < 4.78 is 5.18. The topological polar surface area (TPSA) is 100 Å². The van der Waals surface area contributed by atoms with Crippen molar-refractivity contribution in [3.8, 4) is 5.75 Å². The van der Waals surface area contributed by atoms with Gasteiger partial charge in [0.1, 0.15) is 11.6 Å². The van der Waals surface area contributed by atoms with Crippen molar-refractivity contribution in [2.75, 3.05) is 13.7 Å². The first kappa shape index (κ1) is 21.8. The average Bonchev–Trinajstić information content (AvgIpc) is 3.32. The Morgan fingerprint density at radius 2 is 2.03 bits per heavy atom. The zero-order valence-electron chi connectivity index (χ0n) is 18.1. The van der Waals surface area contributed by atoms with E-state index in [9.17, 15) is 9.59 Å². The van der Waals surface area contributed by atoms with Gasteiger partial charge in [-0.25, -0.2) is 4.98 Å². The average molecular weight is 414 g/mol. The molecule has 1 aliphatic heterocycles. The summed E-state index contributed by atoms with van der Waals surface area (Å²) in [6.45, 7) is 6.34.